The molecule has 1 N–H and O–H groups in total. The minimum absolute atomic E-state index is 0.0917. The third kappa shape index (κ3) is 5.10. The van der Waals surface area contributed by atoms with Crippen molar-refractivity contribution >= 4 is 50.8 Å². The van der Waals surface area contributed by atoms with Crippen LogP contribution in [0.5, 0.6) is 0 Å². The van der Waals surface area contributed by atoms with E-state index in [2.05, 4.69) is 15.3 Å². The fourth-order valence-electron chi connectivity index (χ4n) is 2.70. The van der Waals surface area contributed by atoms with Gasteiger partial charge in [0.15, 0.2) is 0 Å². The SMILES string of the molecule is Cc1nc(SCC(=O)N(C)CC(=O)Nc2ccc(F)cc2)c2c(C)c(C)sc2n1. The predicted octanol–water partition coefficient (Wildman–Crippen LogP) is 3.94. The molecule has 0 spiro atoms. The summed E-state index contributed by atoms with van der Waals surface area (Å²) < 4.78 is 12.9. The van der Waals surface area contributed by atoms with E-state index in [1.54, 1.807) is 18.4 Å². The van der Waals surface area contributed by atoms with Crippen molar-refractivity contribution in [2.75, 3.05) is 24.7 Å². The summed E-state index contributed by atoms with van der Waals surface area (Å²) >= 11 is 2.97. The zero-order valence-corrected chi connectivity index (χ0v) is 18.2. The number of anilines is 1. The molecule has 0 saturated heterocycles. The Morgan fingerprint density at radius 2 is 1.86 bits per heavy atom. The minimum Gasteiger partial charge on any atom is -0.336 e. The highest BCUT2D eigenvalue weighted by Crippen LogP contribution is 2.35. The van der Waals surface area contributed by atoms with Crippen molar-refractivity contribution in [1.82, 2.24) is 14.9 Å². The number of likely N-dealkylation sites (N-methyl/N-ethyl adjacent to an activating group) is 1. The molecule has 3 aromatic rings. The van der Waals surface area contributed by atoms with Crippen molar-refractivity contribution in [3.05, 3.63) is 46.3 Å². The molecule has 0 fully saturated rings. The number of thiophene rings is 1. The molecule has 3 rings (SSSR count). The van der Waals surface area contributed by atoms with Gasteiger partial charge in [0, 0.05) is 23.0 Å². The van der Waals surface area contributed by atoms with Crippen LogP contribution in [0.2, 0.25) is 0 Å². The van der Waals surface area contributed by atoms with Gasteiger partial charge >= 0.3 is 0 Å². The summed E-state index contributed by atoms with van der Waals surface area (Å²) in [5.41, 5.74) is 1.61. The Balaban J connectivity index is 1.61. The number of carbonyl (C=O) groups is 2. The van der Waals surface area contributed by atoms with E-state index in [9.17, 15) is 14.0 Å². The van der Waals surface area contributed by atoms with Crippen molar-refractivity contribution in [2.45, 2.75) is 25.8 Å². The minimum atomic E-state index is -0.377. The first-order valence-electron chi connectivity index (χ1n) is 8.91. The van der Waals surface area contributed by atoms with Crippen molar-refractivity contribution < 1.29 is 14.0 Å². The van der Waals surface area contributed by atoms with Crippen molar-refractivity contribution in [2.24, 2.45) is 0 Å². The zero-order chi connectivity index (χ0) is 21.1. The van der Waals surface area contributed by atoms with Gasteiger partial charge in [0.1, 0.15) is 21.5 Å². The summed E-state index contributed by atoms with van der Waals surface area (Å²) in [6.07, 6.45) is 0. The second kappa shape index (κ2) is 8.87. The first kappa shape index (κ1) is 21.2. The van der Waals surface area contributed by atoms with Crippen molar-refractivity contribution in [3.8, 4) is 0 Å². The Kier molecular flexibility index (Phi) is 6.49. The van der Waals surface area contributed by atoms with Crippen LogP contribution in [0.15, 0.2) is 29.3 Å². The van der Waals surface area contributed by atoms with Gasteiger partial charge in [-0.3, -0.25) is 9.59 Å². The second-order valence-corrected chi connectivity index (χ2v) is 8.80. The Hall–Kier alpha value is -2.52. The smallest absolute Gasteiger partial charge is 0.243 e. The number of thioether (sulfide) groups is 1. The summed E-state index contributed by atoms with van der Waals surface area (Å²) in [5.74, 6) is -0.0706. The zero-order valence-electron chi connectivity index (χ0n) is 16.6. The molecule has 0 unspecified atom stereocenters. The standard InChI is InChI=1S/C20H21FN4O2S2/c1-11-12(2)29-20-18(11)19(22-13(3)23-20)28-10-17(27)25(4)9-16(26)24-15-7-5-14(21)6-8-15/h5-8H,9-10H2,1-4H3,(H,24,26). The van der Waals surface area contributed by atoms with Gasteiger partial charge in [-0.25, -0.2) is 14.4 Å². The number of fused-ring (bicyclic) bond motifs is 1. The molecule has 2 aromatic heterocycles. The molecule has 0 atom stereocenters. The van der Waals surface area contributed by atoms with E-state index in [1.807, 2.05) is 20.8 Å². The quantitative estimate of drug-likeness (QED) is 0.472. The average Bonchev–Trinajstić information content (AvgIpc) is 2.94. The van der Waals surface area contributed by atoms with Crippen LogP contribution in [-0.4, -0.2) is 46.0 Å². The highest BCUT2D eigenvalue weighted by molar-refractivity contribution is 8.00. The predicted molar refractivity (Wildman–Crippen MR) is 115 cm³/mol. The molecule has 9 heteroatoms. The summed E-state index contributed by atoms with van der Waals surface area (Å²) in [4.78, 5) is 37.1. The lowest BCUT2D eigenvalue weighted by Crippen LogP contribution is -2.35. The topological polar surface area (TPSA) is 75.2 Å². The lowest BCUT2D eigenvalue weighted by atomic mass is 10.2. The number of hydrogen-bond acceptors (Lipinski definition) is 6. The van der Waals surface area contributed by atoms with Crippen LogP contribution in [0, 0.1) is 26.6 Å². The number of aryl methyl sites for hydroxylation is 3. The number of carbonyl (C=O) groups excluding carboxylic acids is 2. The largest absolute Gasteiger partial charge is 0.336 e. The molecule has 2 amide bonds. The van der Waals surface area contributed by atoms with Crippen LogP contribution in [0.4, 0.5) is 10.1 Å². The molecule has 0 saturated carbocycles. The molecule has 0 radical (unpaired) electrons. The van der Waals surface area contributed by atoms with Crippen LogP contribution in [-0.2, 0) is 9.59 Å². The highest BCUT2D eigenvalue weighted by Gasteiger charge is 2.18. The molecule has 152 valence electrons. The molecule has 0 aliphatic heterocycles. The van der Waals surface area contributed by atoms with Crippen LogP contribution in [0.25, 0.3) is 10.2 Å². The molecular weight excluding hydrogens is 411 g/mol. The number of amides is 2. The highest BCUT2D eigenvalue weighted by atomic mass is 32.2. The van der Waals surface area contributed by atoms with E-state index in [1.165, 1.54) is 45.8 Å². The first-order valence-corrected chi connectivity index (χ1v) is 10.7. The number of rotatable bonds is 6. The number of hydrogen-bond donors (Lipinski definition) is 1. The lowest BCUT2D eigenvalue weighted by Gasteiger charge is -2.16. The van der Waals surface area contributed by atoms with Gasteiger partial charge in [-0.05, 0) is 50.6 Å². The fraction of sp³-hybridized carbons (Fsp3) is 0.300. The van der Waals surface area contributed by atoms with Gasteiger partial charge in [-0.1, -0.05) is 11.8 Å². The van der Waals surface area contributed by atoms with Crippen LogP contribution in [0.3, 0.4) is 0 Å². The van der Waals surface area contributed by atoms with Gasteiger partial charge in [0.05, 0.1) is 12.3 Å². The number of benzene rings is 1. The molecular formula is C20H21FN4O2S2. The molecule has 2 heterocycles. The lowest BCUT2D eigenvalue weighted by molar-refractivity contribution is -0.131. The van der Waals surface area contributed by atoms with Gasteiger partial charge in [0.2, 0.25) is 11.8 Å². The van der Waals surface area contributed by atoms with E-state index in [0.717, 1.165) is 20.8 Å². The summed E-state index contributed by atoms with van der Waals surface area (Å²) in [6.45, 7) is 5.82. The maximum absolute atomic E-state index is 12.9. The molecule has 29 heavy (non-hydrogen) atoms. The second-order valence-electron chi connectivity index (χ2n) is 6.63. The van der Waals surface area contributed by atoms with Crippen LogP contribution >= 0.6 is 23.1 Å². The third-order valence-corrected chi connectivity index (χ3v) is 6.44. The molecule has 0 aliphatic rings. The van der Waals surface area contributed by atoms with Gasteiger partial charge in [0.25, 0.3) is 0 Å². The Bertz CT molecular complexity index is 1070. The maximum atomic E-state index is 12.9. The fourth-order valence-corrected chi connectivity index (χ4v) is 4.91. The van der Waals surface area contributed by atoms with E-state index in [0.29, 0.717) is 11.5 Å². The summed E-state index contributed by atoms with van der Waals surface area (Å²) in [5, 5.41) is 4.42. The van der Waals surface area contributed by atoms with E-state index < -0.39 is 0 Å². The monoisotopic (exact) mass is 432 g/mol. The molecule has 0 bridgehead atoms. The molecule has 0 aliphatic carbocycles. The third-order valence-electron chi connectivity index (χ3n) is 4.37. The van der Waals surface area contributed by atoms with Gasteiger partial charge < -0.3 is 10.2 Å². The van der Waals surface area contributed by atoms with Crippen molar-refractivity contribution in [1.29, 1.82) is 0 Å². The average molecular weight is 433 g/mol. The summed E-state index contributed by atoms with van der Waals surface area (Å²) in [6, 6.07) is 5.47. The Labute approximate surface area is 176 Å². The number of nitrogens with one attached hydrogen (secondary N) is 1. The number of halogens is 1. The van der Waals surface area contributed by atoms with E-state index in [4.69, 9.17) is 0 Å². The van der Waals surface area contributed by atoms with Crippen molar-refractivity contribution in [3.63, 3.8) is 0 Å². The number of aromatic nitrogens is 2. The van der Waals surface area contributed by atoms with Crippen LogP contribution < -0.4 is 5.32 Å². The molecule has 6 nitrogen and oxygen atoms in total. The maximum Gasteiger partial charge on any atom is 0.243 e. The normalized spacial score (nSPS) is 10.9. The van der Waals surface area contributed by atoms with E-state index >= 15 is 0 Å². The van der Waals surface area contributed by atoms with E-state index in [-0.39, 0.29) is 29.9 Å². The molecule has 1 aromatic carbocycles. The van der Waals surface area contributed by atoms with Crippen LogP contribution in [0.1, 0.15) is 16.3 Å². The Morgan fingerprint density at radius 3 is 2.55 bits per heavy atom. The summed E-state index contributed by atoms with van der Waals surface area (Å²) in [7, 11) is 1.58. The first-order chi connectivity index (χ1) is 13.7. The Morgan fingerprint density at radius 1 is 1.17 bits per heavy atom. The van der Waals surface area contributed by atoms with Gasteiger partial charge in [-0.15, -0.1) is 11.3 Å². The van der Waals surface area contributed by atoms with Gasteiger partial charge in [-0.2, -0.15) is 0 Å². The number of nitrogens with zero attached hydrogens (tertiary/aromatic N) is 3.